The Balaban J connectivity index is 2.26. The lowest BCUT2D eigenvalue weighted by molar-refractivity contribution is -0.121. The molecule has 0 fully saturated rings. The zero-order valence-corrected chi connectivity index (χ0v) is 11.4. The Morgan fingerprint density at radius 3 is 2.56 bits per heavy atom. The number of hydrogen-bond acceptors (Lipinski definition) is 2. The Morgan fingerprint density at radius 2 is 1.94 bits per heavy atom. The summed E-state index contributed by atoms with van der Waals surface area (Å²) in [5.41, 5.74) is 6.83. The molecular formula is C15H24N2O. The molecule has 0 saturated carbocycles. The summed E-state index contributed by atoms with van der Waals surface area (Å²) in [6.07, 6.45) is 2.26. The summed E-state index contributed by atoms with van der Waals surface area (Å²) in [5.74, 6) is 0.115. The molecule has 0 saturated heterocycles. The minimum absolute atomic E-state index is 0.0805. The number of benzene rings is 1. The maximum absolute atomic E-state index is 11.7. The number of hydrogen-bond donors (Lipinski definition) is 2. The first kappa shape index (κ1) is 14.7. The van der Waals surface area contributed by atoms with Crippen LogP contribution in [0.2, 0.25) is 0 Å². The third-order valence-electron chi connectivity index (χ3n) is 3.07. The number of nitrogens with one attached hydrogen (secondary N) is 1. The molecule has 0 spiro atoms. The quantitative estimate of drug-likeness (QED) is 0.776. The van der Waals surface area contributed by atoms with Gasteiger partial charge in [0.05, 0.1) is 0 Å². The van der Waals surface area contributed by atoms with Crippen LogP contribution in [0.15, 0.2) is 30.3 Å². The van der Waals surface area contributed by atoms with Gasteiger partial charge in [0.2, 0.25) is 5.91 Å². The van der Waals surface area contributed by atoms with Gasteiger partial charge in [-0.25, -0.2) is 0 Å². The van der Waals surface area contributed by atoms with Crippen LogP contribution in [-0.2, 0) is 11.2 Å². The maximum Gasteiger partial charge on any atom is 0.220 e. The van der Waals surface area contributed by atoms with Crippen molar-refractivity contribution in [1.29, 1.82) is 0 Å². The average Bonchev–Trinajstić information content (AvgIpc) is 2.35. The molecule has 3 N–H and O–H groups in total. The molecule has 1 rings (SSSR count). The third kappa shape index (κ3) is 5.82. The number of amides is 1. The molecule has 0 radical (unpaired) electrons. The summed E-state index contributed by atoms with van der Waals surface area (Å²) >= 11 is 0. The van der Waals surface area contributed by atoms with Crippen molar-refractivity contribution in [3.8, 4) is 0 Å². The highest BCUT2D eigenvalue weighted by Gasteiger charge is 2.17. The Bertz CT molecular complexity index is 360. The molecule has 3 heteroatoms. The Morgan fingerprint density at radius 1 is 1.28 bits per heavy atom. The van der Waals surface area contributed by atoms with Crippen molar-refractivity contribution in [2.75, 3.05) is 13.1 Å². The fourth-order valence-corrected chi connectivity index (χ4v) is 1.81. The maximum atomic E-state index is 11.7. The second kappa shape index (κ2) is 7.17. The topological polar surface area (TPSA) is 55.1 Å². The third-order valence-corrected chi connectivity index (χ3v) is 3.07. The Hall–Kier alpha value is -1.35. The van der Waals surface area contributed by atoms with E-state index in [1.807, 2.05) is 30.3 Å². The molecule has 1 aromatic rings. The van der Waals surface area contributed by atoms with Crippen molar-refractivity contribution in [2.24, 2.45) is 11.1 Å². The monoisotopic (exact) mass is 248 g/mol. The highest BCUT2D eigenvalue weighted by molar-refractivity contribution is 5.76. The lowest BCUT2D eigenvalue weighted by Crippen LogP contribution is -2.35. The van der Waals surface area contributed by atoms with Gasteiger partial charge in [-0.05, 0) is 30.4 Å². The molecule has 1 amide bonds. The summed E-state index contributed by atoms with van der Waals surface area (Å²) in [4.78, 5) is 11.7. The summed E-state index contributed by atoms with van der Waals surface area (Å²) in [5, 5.41) is 2.98. The largest absolute Gasteiger partial charge is 0.356 e. The fraction of sp³-hybridized carbons (Fsp3) is 0.533. The standard InChI is InChI=1S/C15H24N2O/c1-15(2,10-11-16)12-17-14(18)9-8-13-6-4-3-5-7-13/h3-7H,8-12,16H2,1-2H3,(H,17,18). The molecular weight excluding hydrogens is 224 g/mol. The number of aryl methyl sites for hydroxylation is 1. The highest BCUT2D eigenvalue weighted by Crippen LogP contribution is 2.17. The molecule has 0 aliphatic heterocycles. The normalized spacial score (nSPS) is 11.3. The van der Waals surface area contributed by atoms with Crippen LogP contribution in [0.25, 0.3) is 0 Å². The van der Waals surface area contributed by atoms with E-state index in [0.717, 1.165) is 12.8 Å². The summed E-state index contributed by atoms with van der Waals surface area (Å²) in [7, 11) is 0. The summed E-state index contributed by atoms with van der Waals surface area (Å²) < 4.78 is 0. The molecule has 3 nitrogen and oxygen atoms in total. The van der Waals surface area contributed by atoms with E-state index in [-0.39, 0.29) is 11.3 Å². The van der Waals surface area contributed by atoms with Gasteiger partial charge in [-0.1, -0.05) is 44.2 Å². The van der Waals surface area contributed by atoms with Crippen molar-refractivity contribution in [1.82, 2.24) is 5.32 Å². The first-order valence-electron chi connectivity index (χ1n) is 6.54. The van der Waals surface area contributed by atoms with E-state index < -0.39 is 0 Å². The zero-order valence-electron chi connectivity index (χ0n) is 11.4. The predicted molar refractivity (Wildman–Crippen MR) is 75.2 cm³/mol. The molecule has 18 heavy (non-hydrogen) atoms. The van der Waals surface area contributed by atoms with Gasteiger partial charge >= 0.3 is 0 Å². The van der Waals surface area contributed by atoms with Crippen LogP contribution in [0.1, 0.15) is 32.3 Å². The smallest absolute Gasteiger partial charge is 0.220 e. The van der Waals surface area contributed by atoms with Gasteiger partial charge in [-0.15, -0.1) is 0 Å². The SMILES string of the molecule is CC(C)(CCN)CNC(=O)CCc1ccccc1. The molecule has 1 aromatic carbocycles. The summed E-state index contributed by atoms with van der Waals surface area (Å²) in [6, 6.07) is 10.1. The molecule has 0 bridgehead atoms. The molecule has 0 unspecified atom stereocenters. The predicted octanol–water partition coefficient (Wildman–Crippen LogP) is 2.11. The first-order chi connectivity index (χ1) is 8.53. The minimum atomic E-state index is 0.0805. The lowest BCUT2D eigenvalue weighted by atomic mass is 9.89. The van der Waals surface area contributed by atoms with Crippen molar-refractivity contribution in [2.45, 2.75) is 33.1 Å². The average molecular weight is 248 g/mol. The lowest BCUT2D eigenvalue weighted by Gasteiger charge is -2.24. The molecule has 0 heterocycles. The van der Waals surface area contributed by atoms with Crippen LogP contribution in [0.5, 0.6) is 0 Å². The molecule has 0 aromatic heterocycles. The number of carbonyl (C=O) groups excluding carboxylic acids is 1. The first-order valence-corrected chi connectivity index (χ1v) is 6.54. The molecule has 100 valence electrons. The van der Waals surface area contributed by atoms with E-state index in [1.165, 1.54) is 5.56 Å². The number of rotatable bonds is 7. The fourth-order valence-electron chi connectivity index (χ4n) is 1.81. The van der Waals surface area contributed by atoms with E-state index in [0.29, 0.717) is 19.5 Å². The molecule has 0 atom stereocenters. The van der Waals surface area contributed by atoms with Gasteiger partial charge in [-0.2, -0.15) is 0 Å². The second-order valence-corrected chi connectivity index (χ2v) is 5.47. The van der Waals surface area contributed by atoms with Crippen LogP contribution in [0.3, 0.4) is 0 Å². The molecule has 0 aliphatic carbocycles. The second-order valence-electron chi connectivity index (χ2n) is 5.47. The van der Waals surface area contributed by atoms with E-state index >= 15 is 0 Å². The zero-order chi connectivity index (χ0) is 13.4. The van der Waals surface area contributed by atoms with Crippen LogP contribution >= 0.6 is 0 Å². The van der Waals surface area contributed by atoms with Crippen LogP contribution in [0, 0.1) is 5.41 Å². The summed E-state index contributed by atoms with van der Waals surface area (Å²) in [6.45, 7) is 5.60. The van der Waals surface area contributed by atoms with Gasteiger partial charge < -0.3 is 11.1 Å². The van der Waals surface area contributed by atoms with Gasteiger partial charge in [0.1, 0.15) is 0 Å². The van der Waals surface area contributed by atoms with E-state index in [2.05, 4.69) is 19.2 Å². The van der Waals surface area contributed by atoms with E-state index in [1.54, 1.807) is 0 Å². The van der Waals surface area contributed by atoms with Crippen molar-refractivity contribution < 1.29 is 4.79 Å². The number of nitrogens with two attached hydrogens (primary N) is 1. The van der Waals surface area contributed by atoms with Gasteiger partial charge in [-0.3, -0.25) is 4.79 Å². The van der Waals surface area contributed by atoms with Crippen LogP contribution < -0.4 is 11.1 Å². The minimum Gasteiger partial charge on any atom is -0.356 e. The van der Waals surface area contributed by atoms with Crippen LogP contribution in [0.4, 0.5) is 0 Å². The van der Waals surface area contributed by atoms with Crippen molar-refractivity contribution in [3.05, 3.63) is 35.9 Å². The highest BCUT2D eigenvalue weighted by atomic mass is 16.1. The van der Waals surface area contributed by atoms with Crippen LogP contribution in [-0.4, -0.2) is 19.0 Å². The van der Waals surface area contributed by atoms with E-state index in [4.69, 9.17) is 5.73 Å². The van der Waals surface area contributed by atoms with E-state index in [9.17, 15) is 4.79 Å². The molecule has 0 aliphatic rings. The van der Waals surface area contributed by atoms with Gasteiger partial charge in [0, 0.05) is 13.0 Å². The number of carbonyl (C=O) groups is 1. The van der Waals surface area contributed by atoms with Crippen molar-refractivity contribution >= 4 is 5.91 Å². The Labute approximate surface area is 110 Å². The Kier molecular flexibility index (Phi) is 5.86. The van der Waals surface area contributed by atoms with Crippen molar-refractivity contribution in [3.63, 3.8) is 0 Å². The van der Waals surface area contributed by atoms with Gasteiger partial charge in [0.15, 0.2) is 0 Å². The van der Waals surface area contributed by atoms with Gasteiger partial charge in [0.25, 0.3) is 0 Å².